The molecule has 4 saturated carbocycles. The average molecular weight is 424 g/mol. The van der Waals surface area contributed by atoms with Crippen molar-refractivity contribution in [2.24, 2.45) is 17.8 Å². The average Bonchev–Trinajstić information content (AvgIpc) is 3.20. The molecule has 0 radical (unpaired) electrons. The summed E-state index contributed by atoms with van der Waals surface area (Å²) in [4.78, 5) is 35.6. The topological polar surface area (TPSA) is 116 Å². The quantitative estimate of drug-likeness (QED) is 0.444. The van der Waals surface area contributed by atoms with E-state index in [0.717, 1.165) is 19.3 Å². The lowest BCUT2D eigenvalue weighted by molar-refractivity contribution is -0.385. The first-order valence-electron chi connectivity index (χ1n) is 10.6. The third kappa shape index (κ3) is 3.37. The summed E-state index contributed by atoms with van der Waals surface area (Å²) >= 11 is 0. The number of esters is 1. The van der Waals surface area contributed by atoms with Gasteiger partial charge in [-0.15, -0.1) is 0 Å². The first-order chi connectivity index (χ1) is 14.9. The number of ether oxygens (including phenoxy) is 1. The number of hydrogen-bond acceptors (Lipinski definition) is 6. The molecule has 4 aliphatic carbocycles. The first kappa shape index (κ1) is 19.7. The molecule has 9 heteroatoms. The fraction of sp³-hybridized carbons (Fsp3) is 0.500. The maximum atomic E-state index is 12.9. The molecular formula is C22H24N4O5. The van der Waals surface area contributed by atoms with Gasteiger partial charge in [0.2, 0.25) is 5.69 Å². The number of methoxy groups -OCH3 is 1. The first-order valence-corrected chi connectivity index (χ1v) is 10.6. The summed E-state index contributed by atoms with van der Waals surface area (Å²) in [6.07, 6.45) is 8.13. The molecule has 0 aliphatic heterocycles. The van der Waals surface area contributed by atoms with Gasteiger partial charge in [0.15, 0.2) is 0 Å². The summed E-state index contributed by atoms with van der Waals surface area (Å²) in [6, 6.07) is 6.13. The molecule has 2 aromatic rings. The van der Waals surface area contributed by atoms with Gasteiger partial charge >= 0.3 is 11.7 Å². The van der Waals surface area contributed by atoms with Crippen LogP contribution in [0.4, 0.5) is 11.4 Å². The lowest BCUT2D eigenvalue weighted by Gasteiger charge is -2.56. The second kappa shape index (κ2) is 7.18. The Bertz CT molecular complexity index is 1020. The third-order valence-corrected chi connectivity index (χ3v) is 7.16. The van der Waals surface area contributed by atoms with Crippen LogP contribution in [0.15, 0.2) is 30.5 Å². The molecule has 4 aliphatic rings. The van der Waals surface area contributed by atoms with E-state index in [4.69, 9.17) is 0 Å². The third-order valence-electron chi connectivity index (χ3n) is 7.16. The number of amides is 1. The number of nitrogens with one attached hydrogen (secondary N) is 1. The Kier molecular flexibility index (Phi) is 4.56. The van der Waals surface area contributed by atoms with Crippen molar-refractivity contribution in [3.63, 3.8) is 0 Å². The minimum Gasteiger partial charge on any atom is -0.465 e. The zero-order chi connectivity index (χ0) is 21.8. The van der Waals surface area contributed by atoms with Crippen LogP contribution in [-0.4, -0.2) is 33.7 Å². The number of carbonyl (C=O) groups excluding carboxylic acids is 2. The maximum absolute atomic E-state index is 12.9. The van der Waals surface area contributed by atoms with Crippen molar-refractivity contribution in [2.45, 2.75) is 44.1 Å². The number of aromatic nitrogens is 2. The van der Waals surface area contributed by atoms with Gasteiger partial charge in [-0.3, -0.25) is 19.6 Å². The molecule has 0 unspecified atom stereocenters. The normalized spacial score (nSPS) is 28.4. The predicted octanol–water partition coefficient (Wildman–Crippen LogP) is 3.76. The van der Waals surface area contributed by atoms with E-state index in [1.807, 2.05) is 0 Å². The second-order valence-electron chi connectivity index (χ2n) is 9.23. The van der Waals surface area contributed by atoms with Gasteiger partial charge in [0.25, 0.3) is 5.91 Å². The fourth-order valence-corrected chi connectivity index (χ4v) is 6.25. The Hall–Kier alpha value is -3.23. The zero-order valence-electron chi connectivity index (χ0n) is 17.2. The molecule has 162 valence electrons. The molecule has 1 aromatic carbocycles. The van der Waals surface area contributed by atoms with E-state index in [1.54, 1.807) is 16.8 Å². The van der Waals surface area contributed by atoms with E-state index in [1.165, 1.54) is 44.7 Å². The van der Waals surface area contributed by atoms with Gasteiger partial charge in [-0.25, -0.2) is 4.79 Å². The van der Waals surface area contributed by atoms with Crippen LogP contribution in [0.25, 0.3) is 0 Å². The largest absolute Gasteiger partial charge is 0.465 e. The van der Waals surface area contributed by atoms with Gasteiger partial charge in [0.1, 0.15) is 6.20 Å². The Labute approximate surface area is 178 Å². The lowest BCUT2D eigenvalue weighted by atomic mass is 9.53. The summed E-state index contributed by atoms with van der Waals surface area (Å²) in [6.45, 7) is 0. The number of nitrogens with zero attached hydrogens (tertiary/aromatic N) is 3. The van der Waals surface area contributed by atoms with Crippen molar-refractivity contribution in [1.82, 2.24) is 9.78 Å². The van der Waals surface area contributed by atoms with E-state index in [9.17, 15) is 19.7 Å². The smallest absolute Gasteiger partial charge is 0.337 e. The van der Waals surface area contributed by atoms with Gasteiger partial charge in [-0.05, 0) is 80.5 Å². The van der Waals surface area contributed by atoms with Crippen molar-refractivity contribution < 1.29 is 19.2 Å². The van der Waals surface area contributed by atoms with E-state index in [-0.39, 0.29) is 16.9 Å². The molecule has 0 saturated heterocycles. The highest BCUT2D eigenvalue weighted by Gasteiger charge is 2.53. The minimum absolute atomic E-state index is 0.183. The van der Waals surface area contributed by atoms with Gasteiger partial charge in [-0.1, -0.05) is 0 Å². The highest BCUT2D eigenvalue weighted by Crippen LogP contribution is 2.58. The molecule has 1 amide bonds. The molecule has 1 heterocycles. The second-order valence-corrected chi connectivity index (χ2v) is 9.23. The van der Waals surface area contributed by atoms with Gasteiger partial charge in [0.05, 0.1) is 23.1 Å². The molecule has 9 nitrogen and oxygen atoms in total. The van der Waals surface area contributed by atoms with Crippen LogP contribution in [0.3, 0.4) is 0 Å². The van der Waals surface area contributed by atoms with E-state index in [0.29, 0.717) is 29.0 Å². The lowest BCUT2D eigenvalue weighted by Crippen LogP contribution is -2.52. The summed E-state index contributed by atoms with van der Waals surface area (Å²) in [5.74, 6) is 0.837. The van der Waals surface area contributed by atoms with Crippen LogP contribution in [0, 0.1) is 27.9 Å². The van der Waals surface area contributed by atoms with Gasteiger partial charge < -0.3 is 10.1 Å². The monoisotopic (exact) mass is 424 g/mol. The Morgan fingerprint density at radius 3 is 2.23 bits per heavy atom. The number of benzene rings is 1. The van der Waals surface area contributed by atoms with Gasteiger partial charge in [0, 0.05) is 5.69 Å². The highest BCUT2D eigenvalue weighted by atomic mass is 16.6. The minimum atomic E-state index is -0.638. The van der Waals surface area contributed by atoms with Crippen molar-refractivity contribution in [3.05, 3.63) is 51.8 Å². The summed E-state index contributed by atoms with van der Waals surface area (Å²) < 4.78 is 6.38. The molecule has 1 aromatic heterocycles. The number of rotatable bonds is 5. The molecule has 4 bridgehead atoms. The van der Waals surface area contributed by atoms with Crippen LogP contribution >= 0.6 is 0 Å². The number of anilines is 1. The van der Waals surface area contributed by atoms with Crippen LogP contribution in [-0.2, 0) is 10.3 Å². The molecule has 0 spiro atoms. The Morgan fingerprint density at radius 1 is 1.13 bits per heavy atom. The van der Waals surface area contributed by atoms with Crippen molar-refractivity contribution in [1.29, 1.82) is 0 Å². The molecule has 31 heavy (non-hydrogen) atoms. The highest BCUT2D eigenvalue weighted by molar-refractivity contribution is 6.05. The van der Waals surface area contributed by atoms with E-state index < -0.39 is 16.8 Å². The number of carbonyl (C=O) groups is 2. The van der Waals surface area contributed by atoms with E-state index >= 15 is 0 Å². The predicted molar refractivity (Wildman–Crippen MR) is 111 cm³/mol. The fourth-order valence-electron chi connectivity index (χ4n) is 6.25. The molecule has 4 fully saturated rings. The van der Waals surface area contributed by atoms with Crippen LogP contribution in [0.2, 0.25) is 0 Å². The Balaban J connectivity index is 1.42. The maximum Gasteiger partial charge on any atom is 0.337 e. The number of hydrogen-bond donors (Lipinski definition) is 1. The molecule has 0 atom stereocenters. The molecular weight excluding hydrogens is 400 g/mol. The zero-order valence-corrected chi connectivity index (χ0v) is 17.2. The summed E-state index contributed by atoms with van der Waals surface area (Å²) in [7, 11) is 1.29. The number of nitro groups is 1. The van der Waals surface area contributed by atoms with Crippen molar-refractivity contribution >= 4 is 23.3 Å². The summed E-state index contributed by atoms with van der Waals surface area (Å²) in [5, 5.41) is 18.8. The van der Waals surface area contributed by atoms with Crippen LogP contribution < -0.4 is 5.32 Å². The SMILES string of the molecule is COC(=O)c1ccc(NC(=O)c2nn(C34CC5CC(CC(C5)C3)C4)cc2[N+](=O)[O-])cc1. The van der Waals surface area contributed by atoms with E-state index in [2.05, 4.69) is 15.2 Å². The van der Waals surface area contributed by atoms with Crippen molar-refractivity contribution in [2.75, 3.05) is 12.4 Å². The molecule has 6 rings (SSSR count). The summed E-state index contributed by atoms with van der Waals surface area (Å²) in [5.41, 5.74) is 0.0892. The Morgan fingerprint density at radius 2 is 1.71 bits per heavy atom. The molecule has 1 N–H and O–H groups in total. The van der Waals surface area contributed by atoms with Crippen LogP contribution in [0.5, 0.6) is 0 Å². The standard InChI is InChI=1S/C22H24N4O5/c1-31-21(28)16-2-4-17(5-3-16)23-20(27)19-18(26(29)30)12-25(24-19)22-9-13-6-14(10-22)8-15(7-13)11-22/h2-5,12-15H,6-11H2,1H3,(H,23,27). The van der Waals surface area contributed by atoms with Gasteiger partial charge in [-0.2, -0.15) is 5.10 Å². The van der Waals surface area contributed by atoms with Crippen molar-refractivity contribution in [3.8, 4) is 0 Å². The van der Waals surface area contributed by atoms with Crippen LogP contribution in [0.1, 0.15) is 59.4 Å².